The summed E-state index contributed by atoms with van der Waals surface area (Å²) in [6, 6.07) is 8.15. The zero-order chi connectivity index (χ0) is 13.9. The Kier molecular flexibility index (Phi) is 3.98. The van der Waals surface area contributed by atoms with Crippen molar-refractivity contribution in [3.8, 4) is 5.75 Å². The summed E-state index contributed by atoms with van der Waals surface area (Å²) in [5, 5.41) is 4.96. The van der Waals surface area contributed by atoms with Crippen LogP contribution in [-0.2, 0) is 0 Å². The molecule has 2 rings (SSSR count). The van der Waals surface area contributed by atoms with Crippen LogP contribution in [0, 0.1) is 11.3 Å². The van der Waals surface area contributed by atoms with Gasteiger partial charge in [0.1, 0.15) is 5.75 Å². The maximum absolute atomic E-state index is 5.39. The molecule has 0 amide bonds. The first-order chi connectivity index (χ1) is 9.02. The van der Waals surface area contributed by atoms with Gasteiger partial charge in [-0.25, -0.2) is 0 Å². The molecule has 0 unspecified atom stereocenters. The van der Waals surface area contributed by atoms with E-state index in [0.717, 1.165) is 11.4 Å². The number of nitrogens with zero attached hydrogens (tertiary/aromatic N) is 1. The van der Waals surface area contributed by atoms with Gasteiger partial charge in [0, 0.05) is 5.92 Å². The predicted octanol–water partition coefficient (Wildman–Crippen LogP) is 4.09. The van der Waals surface area contributed by atoms with Crippen LogP contribution < -0.4 is 10.1 Å². The van der Waals surface area contributed by atoms with Crippen LogP contribution in [0.25, 0.3) is 0 Å². The molecule has 1 aromatic rings. The fourth-order valence-corrected chi connectivity index (χ4v) is 2.40. The van der Waals surface area contributed by atoms with E-state index in [1.807, 2.05) is 24.3 Å². The largest absolute Gasteiger partial charge is 0.495 e. The van der Waals surface area contributed by atoms with Crippen molar-refractivity contribution in [2.75, 3.05) is 7.11 Å². The minimum absolute atomic E-state index is 0.102. The Morgan fingerprint density at radius 1 is 1.11 bits per heavy atom. The fourth-order valence-electron chi connectivity index (χ4n) is 2.40. The molecule has 1 radical (unpaired) electrons. The SMILES string of the molecule is COc1ccccc1[N][C@H](C1C=CC=C1)C(C)(C)C. The molecule has 0 fully saturated rings. The summed E-state index contributed by atoms with van der Waals surface area (Å²) >= 11 is 0. The van der Waals surface area contributed by atoms with Gasteiger partial charge in [-0.1, -0.05) is 57.2 Å². The van der Waals surface area contributed by atoms with E-state index in [0.29, 0.717) is 5.92 Å². The van der Waals surface area contributed by atoms with Crippen molar-refractivity contribution < 1.29 is 4.74 Å². The molecule has 0 heterocycles. The first-order valence-corrected chi connectivity index (χ1v) is 6.71. The molecule has 0 aliphatic heterocycles. The summed E-state index contributed by atoms with van der Waals surface area (Å²) in [4.78, 5) is 0. The molecule has 0 aromatic heterocycles. The van der Waals surface area contributed by atoms with Gasteiger partial charge in [-0.05, 0) is 17.5 Å². The minimum Gasteiger partial charge on any atom is -0.495 e. The zero-order valence-corrected chi connectivity index (χ0v) is 12.1. The van der Waals surface area contributed by atoms with E-state index >= 15 is 0 Å². The molecule has 0 bridgehead atoms. The normalized spacial score (nSPS) is 16.6. The summed E-state index contributed by atoms with van der Waals surface area (Å²) in [5.41, 5.74) is 1.03. The number of benzene rings is 1. The van der Waals surface area contributed by atoms with Crippen LogP contribution in [0.1, 0.15) is 20.8 Å². The van der Waals surface area contributed by atoms with Crippen LogP contribution in [0.2, 0.25) is 0 Å². The van der Waals surface area contributed by atoms with Crippen LogP contribution in [-0.4, -0.2) is 13.2 Å². The van der Waals surface area contributed by atoms with Crippen molar-refractivity contribution in [3.05, 3.63) is 48.6 Å². The summed E-state index contributed by atoms with van der Waals surface area (Å²) in [6.45, 7) is 6.70. The lowest BCUT2D eigenvalue weighted by molar-refractivity contribution is 0.256. The average molecular weight is 256 g/mol. The number of methoxy groups -OCH3 is 1. The molecule has 0 spiro atoms. The third-order valence-corrected chi connectivity index (χ3v) is 3.39. The first kappa shape index (κ1) is 13.7. The van der Waals surface area contributed by atoms with Crippen molar-refractivity contribution in [2.45, 2.75) is 26.8 Å². The Morgan fingerprint density at radius 2 is 1.74 bits per heavy atom. The monoisotopic (exact) mass is 256 g/mol. The van der Waals surface area contributed by atoms with Gasteiger partial charge in [0.05, 0.1) is 18.8 Å². The molecule has 0 saturated carbocycles. The van der Waals surface area contributed by atoms with Crippen molar-refractivity contribution in [1.82, 2.24) is 5.32 Å². The molecule has 1 aromatic carbocycles. The standard InChI is InChI=1S/C17H22NO/c1-17(2,3)16(13-9-5-6-10-13)18-14-11-7-8-12-15(14)19-4/h5-13,16H,1-4H3/t16-/m1/s1. The molecule has 1 aliphatic rings. The van der Waals surface area contributed by atoms with Gasteiger partial charge in [0.2, 0.25) is 0 Å². The number of ether oxygens (including phenoxy) is 1. The molecule has 101 valence electrons. The van der Waals surface area contributed by atoms with Crippen LogP contribution in [0.15, 0.2) is 48.6 Å². The lowest BCUT2D eigenvalue weighted by Gasteiger charge is -2.33. The van der Waals surface area contributed by atoms with Crippen molar-refractivity contribution in [2.24, 2.45) is 11.3 Å². The summed E-state index contributed by atoms with van der Waals surface area (Å²) in [7, 11) is 1.69. The fraction of sp³-hybridized carbons (Fsp3) is 0.412. The molecule has 0 saturated heterocycles. The molecule has 2 nitrogen and oxygen atoms in total. The van der Waals surface area contributed by atoms with Gasteiger partial charge < -0.3 is 4.74 Å². The Hall–Kier alpha value is -1.70. The number of allylic oxidation sites excluding steroid dienone is 2. The van der Waals surface area contributed by atoms with Gasteiger partial charge in [-0.3, -0.25) is 5.32 Å². The minimum atomic E-state index is 0.102. The topological polar surface area (TPSA) is 23.3 Å². The van der Waals surface area contributed by atoms with E-state index in [4.69, 9.17) is 10.1 Å². The highest BCUT2D eigenvalue weighted by Crippen LogP contribution is 2.34. The predicted molar refractivity (Wildman–Crippen MR) is 79.8 cm³/mol. The van der Waals surface area contributed by atoms with Gasteiger partial charge in [-0.15, -0.1) is 0 Å². The second-order valence-corrected chi connectivity index (χ2v) is 5.96. The van der Waals surface area contributed by atoms with E-state index in [-0.39, 0.29) is 11.5 Å². The molecule has 1 aliphatic carbocycles. The van der Waals surface area contributed by atoms with Crippen LogP contribution >= 0.6 is 0 Å². The smallest absolute Gasteiger partial charge is 0.144 e. The molecule has 2 heteroatoms. The summed E-state index contributed by atoms with van der Waals surface area (Å²) in [6.07, 6.45) is 8.63. The van der Waals surface area contributed by atoms with Crippen molar-refractivity contribution >= 4 is 5.69 Å². The van der Waals surface area contributed by atoms with E-state index in [9.17, 15) is 0 Å². The third kappa shape index (κ3) is 3.19. The Balaban J connectivity index is 2.25. The van der Waals surface area contributed by atoms with E-state index in [1.54, 1.807) is 7.11 Å². The molecular formula is C17H22NO. The molecule has 0 N–H and O–H groups in total. The Labute approximate surface area is 116 Å². The van der Waals surface area contributed by atoms with Gasteiger partial charge in [-0.2, -0.15) is 0 Å². The average Bonchev–Trinajstić information content (AvgIpc) is 2.88. The van der Waals surface area contributed by atoms with Crippen LogP contribution in [0.4, 0.5) is 5.69 Å². The van der Waals surface area contributed by atoms with Gasteiger partial charge in [0.25, 0.3) is 0 Å². The molecular weight excluding hydrogens is 234 g/mol. The lowest BCUT2D eigenvalue weighted by atomic mass is 9.79. The van der Waals surface area contributed by atoms with Crippen LogP contribution in [0.3, 0.4) is 0 Å². The number of hydrogen-bond donors (Lipinski definition) is 0. The highest BCUT2D eigenvalue weighted by atomic mass is 16.5. The van der Waals surface area contributed by atoms with Crippen LogP contribution in [0.5, 0.6) is 5.75 Å². The maximum Gasteiger partial charge on any atom is 0.144 e. The summed E-state index contributed by atoms with van der Waals surface area (Å²) in [5.74, 6) is 1.20. The molecule has 1 atom stereocenters. The first-order valence-electron chi connectivity index (χ1n) is 6.71. The number of hydrogen-bond acceptors (Lipinski definition) is 1. The number of para-hydroxylation sites is 2. The van der Waals surface area contributed by atoms with E-state index in [1.165, 1.54) is 0 Å². The second-order valence-electron chi connectivity index (χ2n) is 5.96. The zero-order valence-electron chi connectivity index (χ0n) is 12.1. The maximum atomic E-state index is 5.39. The van der Waals surface area contributed by atoms with Gasteiger partial charge >= 0.3 is 0 Å². The molecule has 19 heavy (non-hydrogen) atoms. The quantitative estimate of drug-likeness (QED) is 0.796. The van der Waals surface area contributed by atoms with Gasteiger partial charge in [0.15, 0.2) is 0 Å². The lowest BCUT2D eigenvalue weighted by Crippen LogP contribution is -2.38. The highest BCUT2D eigenvalue weighted by molar-refractivity contribution is 5.51. The van der Waals surface area contributed by atoms with E-state index < -0.39 is 0 Å². The Bertz CT molecular complexity index is 470. The summed E-state index contributed by atoms with van der Waals surface area (Å²) < 4.78 is 5.39. The van der Waals surface area contributed by atoms with Crippen molar-refractivity contribution in [3.63, 3.8) is 0 Å². The van der Waals surface area contributed by atoms with Crippen molar-refractivity contribution in [1.29, 1.82) is 0 Å². The third-order valence-electron chi connectivity index (χ3n) is 3.39. The Morgan fingerprint density at radius 3 is 2.32 bits per heavy atom. The highest BCUT2D eigenvalue weighted by Gasteiger charge is 2.32. The second kappa shape index (κ2) is 5.52. The number of rotatable bonds is 4. The van der Waals surface area contributed by atoms with E-state index in [2.05, 4.69) is 45.1 Å².